The summed E-state index contributed by atoms with van der Waals surface area (Å²) in [5.41, 5.74) is 3.73. The van der Waals surface area contributed by atoms with E-state index in [4.69, 9.17) is 5.84 Å². The SMILES string of the molecule is NNc1cccc(CN(CC2CC2)C2CC2)n1. The number of rotatable bonds is 6. The molecule has 1 heterocycles. The molecule has 1 aromatic rings. The van der Waals surface area contributed by atoms with E-state index < -0.39 is 0 Å². The van der Waals surface area contributed by atoms with Gasteiger partial charge >= 0.3 is 0 Å². The fourth-order valence-corrected chi connectivity index (χ4v) is 2.27. The molecule has 92 valence electrons. The lowest BCUT2D eigenvalue weighted by atomic mass is 10.3. The van der Waals surface area contributed by atoms with Crippen molar-refractivity contribution in [1.82, 2.24) is 9.88 Å². The first-order valence-corrected chi connectivity index (χ1v) is 6.52. The molecule has 2 saturated carbocycles. The summed E-state index contributed by atoms with van der Waals surface area (Å²) in [4.78, 5) is 7.09. The number of anilines is 1. The largest absolute Gasteiger partial charge is 0.308 e. The van der Waals surface area contributed by atoms with Crippen LogP contribution < -0.4 is 11.3 Å². The van der Waals surface area contributed by atoms with Crippen LogP contribution in [0.2, 0.25) is 0 Å². The van der Waals surface area contributed by atoms with Crippen LogP contribution in [0.1, 0.15) is 31.4 Å². The first-order chi connectivity index (χ1) is 8.35. The van der Waals surface area contributed by atoms with E-state index in [1.807, 2.05) is 12.1 Å². The Morgan fingerprint density at radius 1 is 1.29 bits per heavy atom. The average molecular weight is 232 g/mol. The average Bonchev–Trinajstić information content (AvgIpc) is 3.21. The summed E-state index contributed by atoms with van der Waals surface area (Å²) in [5.74, 6) is 7.09. The fraction of sp³-hybridized carbons (Fsp3) is 0.615. The van der Waals surface area contributed by atoms with Crippen molar-refractivity contribution < 1.29 is 0 Å². The van der Waals surface area contributed by atoms with E-state index in [9.17, 15) is 0 Å². The molecule has 0 saturated heterocycles. The molecule has 0 amide bonds. The zero-order valence-corrected chi connectivity index (χ0v) is 10.1. The van der Waals surface area contributed by atoms with Crippen LogP contribution in [0.3, 0.4) is 0 Å². The Hall–Kier alpha value is -1.13. The normalized spacial score (nSPS) is 19.6. The first kappa shape index (κ1) is 11.0. The molecule has 0 bridgehead atoms. The third kappa shape index (κ3) is 2.96. The Balaban J connectivity index is 1.65. The maximum Gasteiger partial charge on any atom is 0.140 e. The van der Waals surface area contributed by atoms with E-state index in [0.717, 1.165) is 30.0 Å². The fourth-order valence-electron chi connectivity index (χ4n) is 2.27. The molecule has 0 aliphatic heterocycles. The standard InChI is InChI=1S/C13H20N4/c14-16-13-3-1-2-11(15-13)9-17(12-6-7-12)8-10-4-5-10/h1-3,10,12H,4-9,14H2,(H,15,16). The van der Waals surface area contributed by atoms with Gasteiger partial charge < -0.3 is 5.43 Å². The van der Waals surface area contributed by atoms with Crippen molar-refractivity contribution in [3.8, 4) is 0 Å². The van der Waals surface area contributed by atoms with Crippen LogP contribution in [0.25, 0.3) is 0 Å². The highest BCUT2D eigenvalue weighted by Gasteiger charge is 2.33. The topological polar surface area (TPSA) is 54.2 Å². The van der Waals surface area contributed by atoms with Crippen molar-refractivity contribution in [2.75, 3.05) is 12.0 Å². The van der Waals surface area contributed by atoms with Gasteiger partial charge in [-0.2, -0.15) is 0 Å². The molecule has 0 radical (unpaired) electrons. The van der Waals surface area contributed by atoms with Gasteiger partial charge in [0.2, 0.25) is 0 Å². The van der Waals surface area contributed by atoms with Gasteiger partial charge in [-0.25, -0.2) is 10.8 Å². The first-order valence-electron chi connectivity index (χ1n) is 6.52. The van der Waals surface area contributed by atoms with E-state index in [1.54, 1.807) is 0 Å². The molecule has 0 atom stereocenters. The number of aromatic nitrogens is 1. The molecule has 17 heavy (non-hydrogen) atoms. The second-order valence-electron chi connectivity index (χ2n) is 5.26. The van der Waals surface area contributed by atoms with E-state index in [0.29, 0.717) is 0 Å². The van der Waals surface area contributed by atoms with Gasteiger partial charge in [0, 0.05) is 19.1 Å². The van der Waals surface area contributed by atoms with E-state index in [1.165, 1.54) is 32.2 Å². The molecule has 4 heteroatoms. The lowest BCUT2D eigenvalue weighted by Crippen LogP contribution is -2.28. The lowest BCUT2D eigenvalue weighted by molar-refractivity contribution is 0.241. The second kappa shape index (κ2) is 4.63. The zero-order chi connectivity index (χ0) is 11.7. The predicted molar refractivity (Wildman–Crippen MR) is 68.2 cm³/mol. The smallest absolute Gasteiger partial charge is 0.140 e. The number of hydrazine groups is 1. The quantitative estimate of drug-likeness (QED) is 0.579. The summed E-state index contributed by atoms with van der Waals surface area (Å²) in [7, 11) is 0. The zero-order valence-electron chi connectivity index (χ0n) is 10.1. The number of hydrogen-bond donors (Lipinski definition) is 2. The molecule has 0 spiro atoms. The van der Waals surface area contributed by atoms with Gasteiger partial charge in [-0.05, 0) is 43.7 Å². The summed E-state index contributed by atoms with van der Waals surface area (Å²) in [6, 6.07) is 6.81. The van der Waals surface area contributed by atoms with Crippen LogP contribution in [0.5, 0.6) is 0 Å². The Kier molecular flexibility index (Phi) is 2.99. The molecular formula is C13H20N4. The maximum absolute atomic E-state index is 5.39. The number of nitrogens with two attached hydrogens (primary N) is 1. The summed E-state index contributed by atoms with van der Waals surface area (Å²) >= 11 is 0. The van der Waals surface area contributed by atoms with Crippen LogP contribution in [0, 0.1) is 5.92 Å². The third-order valence-corrected chi connectivity index (χ3v) is 3.57. The van der Waals surface area contributed by atoms with E-state index in [2.05, 4.69) is 21.4 Å². The van der Waals surface area contributed by atoms with Crippen molar-refractivity contribution in [1.29, 1.82) is 0 Å². The Labute approximate surface area is 102 Å². The molecule has 2 aliphatic carbocycles. The molecule has 0 aromatic carbocycles. The Morgan fingerprint density at radius 3 is 2.76 bits per heavy atom. The third-order valence-electron chi connectivity index (χ3n) is 3.57. The van der Waals surface area contributed by atoms with Crippen molar-refractivity contribution in [2.24, 2.45) is 11.8 Å². The highest BCUT2D eigenvalue weighted by atomic mass is 15.3. The van der Waals surface area contributed by atoms with Gasteiger partial charge in [-0.15, -0.1) is 0 Å². The number of nitrogens with one attached hydrogen (secondary N) is 1. The van der Waals surface area contributed by atoms with Gasteiger partial charge in [0.15, 0.2) is 0 Å². The molecule has 3 N–H and O–H groups in total. The summed E-state index contributed by atoms with van der Waals surface area (Å²) in [6.45, 7) is 2.23. The molecular weight excluding hydrogens is 212 g/mol. The van der Waals surface area contributed by atoms with Gasteiger partial charge in [0.05, 0.1) is 5.69 Å². The molecule has 2 aliphatic rings. The van der Waals surface area contributed by atoms with Gasteiger partial charge in [0.1, 0.15) is 5.82 Å². The van der Waals surface area contributed by atoms with Crippen LogP contribution in [0.15, 0.2) is 18.2 Å². The number of nitrogen functional groups attached to an aromatic ring is 1. The number of nitrogens with zero attached hydrogens (tertiary/aromatic N) is 2. The van der Waals surface area contributed by atoms with Gasteiger partial charge in [0.25, 0.3) is 0 Å². The van der Waals surface area contributed by atoms with Crippen LogP contribution in [-0.4, -0.2) is 22.5 Å². The molecule has 0 unspecified atom stereocenters. The van der Waals surface area contributed by atoms with Crippen LogP contribution >= 0.6 is 0 Å². The molecule has 3 rings (SSSR count). The van der Waals surface area contributed by atoms with E-state index in [-0.39, 0.29) is 0 Å². The monoisotopic (exact) mass is 232 g/mol. The highest BCUT2D eigenvalue weighted by Crippen LogP contribution is 2.35. The second-order valence-corrected chi connectivity index (χ2v) is 5.26. The minimum Gasteiger partial charge on any atom is -0.308 e. The maximum atomic E-state index is 5.39. The van der Waals surface area contributed by atoms with Crippen LogP contribution in [-0.2, 0) is 6.54 Å². The van der Waals surface area contributed by atoms with Crippen molar-refractivity contribution >= 4 is 5.82 Å². The van der Waals surface area contributed by atoms with Gasteiger partial charge in [-0.1, -0.05) is 6.07 Å². The van der Waals surface area contributed by atoms with Gasteiger partial charge in [-0.3, -0.25) is 4.90 Å². The van der Waals surface area contributed by atoms with Crippen molar-refractivity contribution in [3.05, 3.63) is 23.9 Å². The number of hydrogen-bond acceptors (Lipinski definition) is 4. The molecule has 4 nitrogen and oxygen atoms in total. The minimum atomic E-state index is 0.754. The predicted octanol–water partition coefficient (Wildman–Crippen LogP) is 1.74. The minimum absolute atomic E-state index is 0.754. The highest BCUT2D eigenvalue weighted by molar-refractivity contribution is 5.33. The Morgan fingerprint density at radius 2 is 2.12 bits per heavy atom. The summed E-state index contributed by atoms with van der Waals surface area (Å²) in [6.07, 6.45) is 5.56. The van der Waals surface area contributed by atoms with E-state index >= 15 is 0 Å². The van der Waals surface area contributed by atoms with Crippen molar-refractivity contribution in [3.63, 3.8) is 0 Å². The molecule has 2 fully saturated rings. The summed E-state index contributed by atoms with van der Waals surface area (Å²) in [5, 5.41) is 0. The van der Waals surface area contributed by atoms with Crippen molar-refractivity contribution in [2.45, 2.75) is 38.3 Å². The lowest BCUT2D eigenvalue weighted by Gasteiger charge is -2.21. The molecule has 1 aromatic heterocycles. The van der Waals surface area contributed by atoms with Crippen LogP contribution in [0.4, 0.5) is 5.82 Å². The summed E-state index contributed by atoms with van der Waals surface area (Å²) < 4.78 is 0. The Bertz CT molecular complexity index is 385. The number of pyridine rings is 1.